The van der Waals surface area contributed by atoms with Gasteiger partial charge in [0.2, 0.25) is 0 Å². The molecule has 0 bridgehead atoms. The third-order valence-corrected chi connectivity index (χ3v) is 4.11. The van der Waals surface area contributed by atoms with Crippen LogP contribution in [0.3, 0.4) is 0 Å². The molecule has 1 unspecified atom stereocenters. The first-order valence-corrected chi connectivity index (χ1v) is 7.64. The van der Waals surface area contributed by atoms with Gasteiger partial charge < -0.3 is 5.11 Å². The van der Waals surface area contributed by atoms with Gasteiger partial charge in [-0.25, -0.2) is 4.98 Å². The Hall–Kier alpha value is -1.65. The zero-order valence-electron chi connectivity index (χ0n) is 11.7. The number of aryl methyl sites for hydroxylation is 2. The largest absolute Gasteiger partial charge is 0.392 e. The number of hydrogen-bond acceptors (Lipinski definition) is 3. The molecule has 1 atom stereocenters. The highest BCUT2D eigenvalue weighted by Gasteiger charge is 2.11. The number of fused-ring (bicyclic) bond motifs is 1. The summed E-state index contributed by atoms with van der Waals surface area (Å²) in [7, 11) is 0. The molecule has 0 aliphatic carbocycles. The van der Waals surface area contributed by atoms with Crippen LogP contribution in [0.25, 0.3) is 4.96 Å². The maximum absolute atomic E-state index is 10.3. The van der Waals surface area contributed by atoms with Gasteiger partial charge in [0, 0.05) is 24.2 Å². The molecule has 2 heterocycles. The van der Waals surface area contributed by atoms with Gasteiger partial charge in [-0.15, -0.1) is 11.3 Å². The van der Waals surface area contributed by atoms with E-state index in [1.165, 1.54) is 16.7 Å². The highest BCUT2D eigenvalue weighted by Crippen LogP contribution is 2.15. The van der Waals surface area contributed by atoms with Crippen LogP contribution in [0.5, 0.6) is 0 Å². The van der Waals surface area contributed by atoms with Gasteiger partial charge in [-0.05, 0) is 25.8 Å². The lowest BCUT2D eigenvalue weighted by Gasteiger charge is -2.10. The lowest BCUT2D eigenvalue weighted by atomic mass is 10.0. The van der Waals surface area contributed by atoms with E-state index in [9.17, 15) is 5.11 Å². The van der Waals surface area contributed by atoms with Gasteiger partial charge in [0.1, 0.15) is 0 Å². The average Bonchev–Trinajstić information content (AvgIpc) is 2.87. The molecule has 1 N–H and O–H groups in total. The molecule has 0 aliphatic rings. The number of nitrogens with zero attached hydrogens (tertiary/aromatic N) is 2. The molecule has 0 fully saturated rings. The van der Waals surface area contributed by atoms with Crippen LogP contribution in [0.2, 0.25) is 0 Å². The van der Waals surface area contributed by atoms with Gasteiger partial charge in [-0.2, -0.15) is 0 Å². The first-order valence-electron chi connectivity index (χ1n) is 6.76. The van der Waals surface area contributed by atoms with Crippen molar-refractivity contribution in [2.75, 3.05) is 0 Å². The van der Waals surface area contributed by atoms with Crippen LogP contribution < -0.4 is 0 Å². The predicted octanol–water partition coefficient (Wildman–Crippen LogP) is 3.16. The molecule has 0 spiro atoms. The second-order valence-corrected chi connectivity index (χ2v) is 6.26. The molecule has 104 valence electrons. The zero-order chi connectivity index (χ0) is 14.1. The standard InChI is InChI=1S/C16H18N2OS/c1-11-5-12(2)7-13(6-11)8-15(19)9-14-10-18-3-4-20-16(18)17-14/h3-7,10,15,19H,8-9H2,1-2H3. The van der Waals surface area contributed by atoms with Crippen molar-refractivity contribution in [1.29, 1.82) is 0 Å². The van der Waals surface area contributed by atoms with Gasteiger partial charge in [-0.1, -0.05) is 29.3 Å². The summed E-state index contributed by atoms with van der Waals surface area (Å²) in [6.45, 7) is 4.18. The Balaban J connectivity index is 1.69. The van der Waals surface area contributed by atoms with Crippen molar-refractivity contribution < 1.29 is 5.11 Å². The third-order valence-electron chi connectivity index (χ3n) is 3.34. The number of rotatable bonds is 4. The fourth-order valence-electron chi connectivity index (χ4n) is 2.65. The molecule has 20 heavy (non-hydrogen) atoms. The molecule has 0 radical (unpaired) electrons. The number of hydrogen-bond donors (Lipinski definition) is 1. The van der Waals surface area contributed by atoms with Crippen LogP contribution in [-0.2, 0) is 12.8 Å². The van der Waals surface area contributed by atoms with E-state index in [0.29, 0.717) is 12.8 Å². The predicted molar refractivity (Wildman–Crippen MR) is 82.4 cm³/mol. The second kappa shape index (κ2) is 5.38. The molecule has 0 saturated heterocycles. The van der Waals surface area contributed by atoms with Crippen LogP contribution in [0.4, 0.5) is 0 Å². The minimum absolute atomic E-state index is 0.388. The summed E-state index contributed by atoms with van der Waals surface area (Å²) in [5.41, 5.74) is 4.63. The number of aliphatic hydroxyl groups is 1. The van der Waals surface area contributed by atoms with Crippen molar-refractivity contribution >= 4 is 16.3 Å². The van der Waals surface area contributed by atoms with Crippen LogP contribution in [0.15, 0.2) is 36.0 Å². The SMILES string of the molecule is Cc1cc(C)cc(CC(O)Cc2cn3ccsc3n2)c1. The van der Waals surface area contributed by atoms with E-state index in [0.717, 1.165) is 10.7 Å². The summed E-state index contributed by atoms with van der Waals surface area (Å²) in [6, 6.07) is 6.43. The Bertz CT molecular complexity index is 680. The number of thiazole rings is 1. The van der Waals surface area contributed by atoms with Crippen LogP contribution in [0.1, 0.15) is 22.4 Å². The number of imidazole rings is 1. The first-order chi connectivity index (χ1) is 9.60. The monoisotopic (exact) mass is 286 g/mol. The van der Waals surface area contributed by atoms with Gasteiger partial charge in [0.25, 0.3) is 0 Å². The summed E-state index contributed by atoms with van der Waals surface area (Å²) >= 11 is 1.61. The van der Waals surface area contributed by atoms with Crippen molar-refractivity contribution in [3.05, 3.63) is 58.4 Å². The van der Waals surface area contributed by atoms with E-state index in [1.807, 2.05) is 22.2 Å². The summed E-state index contributed by atoms with van der Waals surface area (Å²) in [4.78, 5) is 5.50. The van der Waals surface area contributed by atoms with Gasteiger partial charge in [-0.3, -0.25) is 4.40 Å². The van der Waals surface area contributed by atoms with E-state index < -0.39 is 0 Å². The van der Waals surface area contributed by atoms with E-state index in [1.54, 1.807) is 11.3 Å². The Morgan fingerprint density at radius 2 is 1.95 bits per heavy atom. The molecule has 0 amide bonds. The zero-order valence-corrected chi connectivity index (χ0v) is 12.5. The summed E-state index contributed by atoms with van der Waals surface area (Å²) < 4.78 is 2.00. The summed E-state index contributed by atoms with van der Waals surface area (Å²) in [6.07, 6.45) is 4.87. The summed E-state index contributed by atoms with van der Waals surface area (Å²) in [5.74, 6) is 0. The van der Waals surface area contributed by atoms with E-state index in [-0.39, 0.29) is 6.10 Å². The normalized spacial score (nSPS) is 12.9. The highest BCUT2D eigenvalue weighted by atomic mass is 32.1. The van der Waals surface area contributed by atoms with Gasteiger partial charge in [0.05, 0.1) is 11.8 Å². The lowest BCUT2D eigenvalue weighted by molar-refractivity contribution is 0.174. The Morgan fingerprint density at radius 3 is 2.65 bits per heavy atom. The minimum Gasteiger partial charge on any atom is -0.392 e. The smallest absolute Gasteiger partial charge is 0.193 e. The number of benzene rings is 1. The molecular formula is C16H18N2OS. The second-order valence-electron chi connectivity index (χ2n) is 5.38. The maximum atomic E-state index is 10.3. The van der Waals surface area contributed by atoms with Crippen molar-refractivity contribution in [3.8, 4) is 0 Å². The molecule has 3 aromatic rings. The van der Waals surface area contributed by atoms with Gasteiger partial charge in [0.15, 0.2) is 4.96 Å². The van der Waals surface area contributed by atoms with Gasteiger partial charge >= 0.3 is 0 Å². The van der Waals surface area contributed by atoms with E-state index in [4.69, 9.17) is 0 Å². The molecule has 2 aromatic heterocycles. The lowest BCUT2D eigenvalue weighted by Crippen LogP contribution is -2.14. The quantitative estimate of drug-likeness (QED) is 0.800. The average molecular weight is 286 g/mol. The van der Waals surface area contributed by atoms with Crippen molar-refractivity contribution in [2.24, 2.45) is 0 Å². The van der Waals surface area contributed by atoms with Crippen molar-refractivity contribution in [3.63, 3.8) is 0 Å². The Morgan fingerprint density at radius 1 is 1.20 bits per heavy atom. The molecule has 3 nitrogen and oxygen atoms in total. The number of aromatic nitrogens is 2. The first kappa shape index (κ1) is 13.3. The van der Waals surface area contributed by atoms with Crippen LogP contribution in [-0.4, -0.2) is 20.6 Å². The van der Waals surface area contributed by atoms with E-state index in [2.05, 4.69) is 37.0 Å². The van der Waals surface area contributed by atoms with Crippen LogP contribution >= 0.6 is 11.3 Å². The topological polar surface area (TPSA) is 37.5 Å². The highest BCUT2D eigenvalue weighted by molar-refractivity contribution is 7.15. The molecule has 0 saturated carbocycles. The Kier molecular flexibility index (Phi) is 3.59. The summed E-state index contributed by atoms with van der Waals surface area (Å²) in [5, 5.41) is 12.3. The fraction of sp³-hybridized carbons (Fsp3) is 0.312. The number of aliphatic hydroxyl groups excluding tert-OH is 1. The molecule has 4 heteroatoms. The molecule has 3 rings (SSSR count). The minimum atomic E-state index is -0.388. The molecule has 0 aliphatic heterocycles. The van der Waals surface area contributed by atoms with Crippen LogP contribution in [0, 0.1) is 13.8 Å². The Labute approximate surface area is 122 Å². The molecule has 1 aromatic carbocycles. The maximum Gasteiger partial charge on any atom is 0.193 e. The van der Waals surface area contributed by atoms with E-state index >= 15 is 0 Å². The van der Waals surface area contributed by atoms with Crippen molar-refractivity contribution in [1.82, 2.24) is 9.38 Å². The fourth-order valence-corrected chi connectivity index (χ4v) is 3.37. The third kappa shape index (κ3) is 2.92. The molecular weight excluding hydrogens is 268 g/mol. The van der Waals surface area contributed by atoms with Crippen molar-refractivity contribution in [2.45, 2.75) is 32.8 Å².